The molecule has 2 aliphatic rings. The molecule has 0 bridgehead atoms. The molecule has 17 aromatic carbocycles. The van der Waals surface area contributed by atoms with E-state index in [1.807, 2.05) is 36.4 Å². The molecule has 4 heteroatoms. The van der Waals surface area contributed by atoms with E-state index in [0.717, 1.165) is 151 Å². The quantitative estimate of drug-likeness (QED) is 0.0803. The van der Waals surface area contributed by atoms with Crippen molar-refractivity contribution in [3.63, 3.8) is 0 Å². The maximum Gasteiger partial charge on any atom is 0.247 e. The van der Waals surface area contributed by atoms with Crippen LogP contribution in [-0.4, -0.2) is 6.71 Å². The Balaban J connectivity index is 0.996. The van der Waals surface area contributed by atoms with Crippen molar-refractivity contribution >= 4 is 45.9 Å². The fourth-order valence-electron chi connectivity index (χ4n) is 17.5. The zero-order valence-electron chi connectivity index (χ0n) is 63.1. The Labute approximate surface area is 662 Å². The minimum Gasteiger partial charge on any atom is -0.310 e. The average Bonchev–Trinajstić information content (AvgIpc) is 0.685. The second-order valence-corrected chi connectivity index (χ2v) is 30.8. The van der Waals surface area contributed by atoms with Crippen molar-refractivity contribution < 1.29 is 0 Å². The molecular formula is C109H76BN3. The monoisotopic (exact) mass is 1440 g/mol. The first kappa shape index (κ1) is 69.1. The van der Waals surface area contributed by atoms with Crippen molar-refractivity contribution in [1.82, 2.24) is 0 Å². The molecule has 1 unspecified atom stereocenters. The standard InChI is InChI=1S/C109H76BN3/c1-109(2,3)93-69-100-105(106-96(87-48-24-43-80(58-87)73-30-11-5-12-31-73)63-91(79-42-23-29-72(57-79)71-111)64-97(106)88-49-25-44-81(59-88)74-32-13-6-14-33-74)95-55-53-85(77-38-19-9-20-39-77)67-101(95)110-102-68-86(78-40-21-10-22-41-78)54-56-103(102)113(104(70-93)107(100)110)108-98(89-50-26-45-82(60-89)75-34-15-7-16-35-75)65-92(84-47-28-52-94(62-84)112-4)66-99(108)90-51-27-46-83(61-90)76-36-17-8-18-37-76/h5-70,105H,1-3H3. The van der Waals surface area contributed by atoms with Crippen molar-refractivity contribution in [2.45, 2.75) is 32.1 Å². The smallest absolute Gasteiger partial charge is 0.247 e. The Kier molecular flexibility index (Phi) is 17.8. The molecular weight excluding hydrogens is 1360 g/mol. The van der Waals surface area contributed by atoms with E-state index in [2.05, 4.69) is 401 Å². The van der Waals surface area contributed by atoms with Crippen LogP contribution in [0.5, 0.6) is 0 Å². The number of anilines is 3. The third kappa shape index (κ3) is 13.0. The second-order valence-electron chi connectivity index (χ2n) is 30.8. The van der Waals surface area contributed by atoms with E-state index in [-0.39, 0.29) is 12.1 Å². The summed E-state index contributed by atoms with van der Waals surface area (Å²) in [6, 6.07) is 150. The van der Waals surface area contributed by atoms with Gasteiger partial charge in [-0.05, 0) is 240 Å². The van der Waals surface area contributed by atoms with Crippen molar-refractivity contribution in [3.05, 3.63) is 440 Å². The van der Waals surface area contributed by atoms with E-state index in [0.29, 0.717) is 11.3 Å². The third-order valence-corrected chi connectivity index (χ3v) is 23.0. The third-order valence-electron chi connectivity index (χ3n) is 23.0. The van der Waals surface area contributed by atoms with Crippen LogP contribution >= 0.6 is 0 Å². The molecule has 0 N–H and O–H groups in total. The summed E-state index contributed by atoms with van der Waals surface area (Å²) in [5.41, 5.74) is 38.5. The topological polar surface area (TPSA) is 31.4 Å². The lowest BCUT2D eigenvalue weighted by atomic mass is 9.30. The number of nitriles is 1. The van der Waals surface area contributed by atoms with Gasteiger partial charge in [-0.2, -0.15) is 5.26 Å². The summed E-state index contributed by atoms with van der Waals surface area (Å²) >= 11 is 0. The molecule has 0 spiro atoms. The van der Waals surface area contributed by atoms with E-state index < -0.39 is 5.92 Å². The van der Waals surface area contributed by atoms with Gasteiger partial charge in [0.1, 0.15) is 0 Å². The minimum atomic E-state index is -0.408. The predicted octanol–water partition coefficient (Wildman–Crippen LogP) is 27.2. The van der Waals surface area contributed by atoms with Gasteiger partial charge in [-0.1, -0.05) is 348 Å². The molecule has 2 aliphatic heterocycles. The van der Waals surface area contributed by atoms with Gasteiger partial charge in [0.15, 0.2) is 5.69 Å². The summed E-state index contributed by atoms with van der Waals surface area (Å²) in [5.74, 6) is -0.408. The summed E-state index contributed by atoms with van der Waals surface area (Å²) in [6.07, 6.45) is 0. The van der Waals surface area contributed by atoms with E-state index in [4.69, 9.17) is 6.57 Å². The van der Waals surface area contributed by atoms with Crippen LogP contribution in [0.2, 0.25) is 0 Å². The zero-order valence-corrected chi connectivity index (χ0v) is 63.1. The maximum absolute atomic E-state index is 10.7. The first-order valence-corrected chi connectivity index (χ1v) is 38.9. The molecule has 0 saturated carbocycles. The summed E-state index contributed by atoms with van der Waals surface area (Å²) in [7, 11) is 0. The van der Waals surface area contributed by atoms with E-state index in [9.17, 15) is 5.26 Å². The molecule has 3 nitrogen and oxygen atoms in total. The number of rotatable bonds is 14. The van der Waals surface area contributed by atoms with Gasteiger partial charge in [-0.3, -0.25) is 0 Å². The zero-order chi connectivity index (χ0) is 76.1. The Morgan fingerprint density at radius 1 is 0.301 bits per heavy atom. The molecule has 530 valence electrons. The van der Waals surface area contributed by atoms with Crippen molar-refractivity contribution in [1.29, 1.82) is 5.26 Å². The Hall–Kier alpha value is -14.4. The summed E-state index contributed by atoms with van der Waals surface area (Å²) in [4.78, 5) is 6.72. The van der Waals surface area contributed by atoms with Crippen molar-refractivity contribution in [2.75, 3.05) is 4.90 Å². The average molecular weight is 1440 g/mol. The van der Waals surface area contributed by atoms with Crippen molar-refractivity contribution in [2.24, 2.45) is 0 Å². The normalized spacial score (nSPS) is 12.6. The Morgan fingerprint density at radius 3 is 1.08 bits per heavy atom. The number of benzene rings is 17. The Bertz CT molecular complexity index is 6010. The highest BCUT2D eigenvalue weighted by atomic mass is 15.2. The van der Waals surface area contributed by atoms with Gasteiger partial charge < -0.3 is 4.90 Å². The van der Waals surface area contributed by atoms with E-state index >= 15 is 0 Å². The van der Waals surface area contributed by atoms with Gasteiger partial charge in [0.25, 0.3) is 0 Å². The maximum atomic E-state index is 10.7. The van der Waals surface area contributed by atoms with Crippen LogP contribution in [0.4, 0.5) is 22.7 Å². The number of fused-ring (bicyclic) bond motifs is 4. The van der Waals surface area contributed by atoms with Gasteiger partial charge in [-0.15, -0.1) is 0 Å². The van der Waals surface area contributed by atoms with Crippen LogP contribution in [0.15, 0.2) is 400 Å². The second kappa shape index (κ2) is 29.2. The van der Waals surface area contributed by atoms with E-state index in [1.165, 1.54) is 38.6 Å². The predicted molar refractivity (Wildman–Crippen MR) is 475 cm³/mol. The SMILES string of the molecule is [C-]#[N+]c1cccc(-c2cc(-c3cccc(-c4ccccc4)c3)c(N3c4ccc(-c5ccccc5)cc4B4c5cc(-c6ccccc6)ccc5C(c5c(-c6cccc(-c7ccccc7)c6)cc(-c6cccc(C#N)c6)cc5-c5cccc(-c6ccccc6)c5)c5cc(C(C)(C)C)cc3c54)c(-c3cccc(-c4ccccc4)c3)c2)c1. The molecule has 113 heavy (non-hydrogen) atoms. The lowest BCUT2D eigenvalue weighted by Gasteiger charge is -2.45. The fourth-order valence-corrected chi connectivity index (χ4v) is 17.5. The van der Waals surface area contributed by atoms with Gasteiger partial charge in [0.05, 0.1) is 23.9 Å². The van der Waals surface area contributed by atoms with Gasteiger partial charge in [0.2, 0.25) is 6.71 Å². The number of nitrogens with zero attached hydrogens (tertiary/aromatic N) is 3. The molecule has 0 aliphatic carbocycles. The van der Waals surface area contributed by atoms with E-state index in [1.54, 1.807) is 0 Å². The Morgan fingerprint density at radius 2 is 0.655 bits per heavy atom. The molecule has 0 radical (unpaired) electrons. The first-order chi connectivity index (χ1) is 55.5. The highest BCUT2D eigenvalue weighted by Crippen LogP contribution is 2.55. The molecule has 0 fully saturated rings. The highest BCUT2D eigenvalue weighted by molar-refractivity contribution is 6.99. The molecule has 17 aromatic rings. The number of hydrogen-bond acceptors (Lipinski definition) is 2. The molecule has 0 saturated heterocycles. The summed E-state index contributed by atoms with van der Waals surface area (Å²) in [5, 5.41) is 10.7. The van der Waals surface area contributed by atoms with Crippen LogP contribution < -0.4 is 21.3 Å². The molecule has 2 heterocycles. The molecule has 19 rings (SSSR count). The summed E-state index contributed by atoms with van der Waals surface area (Å²) in [6.45, 7) is 15.2. The van der Waals surface area contributed by atoms with Gasteiger partial charge in [-0.25, -0.2) is 4.85 Å². The van der Waals surface area contributed by atoms with Crippen LogP contribution in [0.25, 0.3) is 138 Å². The largest absolute Gasteiger partial charge is 0.310 e. The van der Waals surface area contributed by atoms with Crippen LogP contribution in [0.1, 0.15) is 54.5 Å². The van der Waals surface area contributed by atoms with Crippen LogP contribution in [0.3, 0.4) is 0 Å². The molecule has 0 amide bonds. The summed E-state index contributed by atoms with van der Waals surface area (Å²) < 4.78 is 0. The lowest BCUT2D eigenvalue weighted by molar-refractivity contribution is 0.589. The van der Waals surface area contributed by atoms with Crippen LogP contribution in [0, 0.1) is 17.9 Å². The minimum absolute atomic E-state index is 0.299. The fraction of sp³-hybridized carbons (Fsp3) is 0.0459. The van der Waals surface area contributed by atoms with Gasteiger partial charge >= 0.3 is 0 Å². The van der Waals surface area contributed by atoms with Crippen molar-refractivity contribution in [3.8, 4) is 140 Å². The van der Waals surface area contributed by atoms with Gasteiger partial charge in [0, 0.05) is 28.4 Å². The lowest BCUT2D eigenvalue weighted by Crippen LogP contribution is -2.62. The number of hydrogen-bond donors (Lipinski definition) is 0. The van der Waals surface area contributed by atoms with Crippen LogP contribution in [-0.2, 0) is 5.41 Å². The first-order valence-electron chi connectivity index (χ1n) is 38.9. The highest BCUT2D eigenvalue weighted by Gasteiger charge is 2.47. The molecule has 0 aromatic heterocycles. The molecule has 1 atom stereocenters.